The Morgan fingerprint density at radius 2 is 1.43 bits per heavy atom. The topological polar surface area (TPSA) is 95.6 Å². The SMILES string of the molecule is Cn1c(=O)n(-c2ccc(OCc3ccccc3)nc2OCc2ccccc2)c2ccc(-c3ccc(C[C@@H]4C[C@H]4C(=O)O)cc3)cc21. The van der Waals surface area contributed by atoms with Crippen molar-refractivity contribution >= 4 is 17.0 Å². The van der Waals surface area contributed by atoms with Gasteiger partial charge in [0.1, 0.15) is 18.9 Å². The highest BCUT2D eigenvalue weighted by molar-refractivity contribution is 5.84. The van der Waals surface area contributed by atoms with E-state index in [-0.39, 0.29) is 24.1 Å². The Hall–Kier alpha value is -5.63. The van der Waals surface area contributed by atoms with E-state index in [2.05, 4.69) is 24.3 Å². The van der Waals surface area contributed by atoms with E-state index < -0.39 is 5.97 Å². The third-order valence-electron chi connectivity index (χ3n) is 8.58. The van der Waals surface area contributed by atoms with Crippen LogP contribution in [0.15, 0.2) is 120 Å². The molecule has 7 rings (SSSR count). The molecule has 0 bridgehead atoms. The van der Waals surface area contributed by atoms with Crippen LogP contribution in [0.3, 0.4) is 0 Å². The van der Waals surface area contributed by atoms with E-state index in [9.17, 15) is 14.7 Å². The minimum Gasteiger partial charge on any atom is -0.481 e. The van der Waals surface area contributed by atoms with Crippen LogP contribution in [0.4, 0.5) is 0 Å². The molecule has 1 saturated carbocycles. The maximum absolute atomic E-state index is 13.8. The third kappa shape index (κ3) is 6.02. The average molecular weight is 612 g/mol. The molecule has 4 aromatic carbocycles. The molecule has 1 N–H and O–H groups in total. The standard InChI is InChI=1S/C38H33N3O5/c1-40-34-22-29(28-14-12-25(13-15-28)20-30-21-31(30)37(42)43)16-17-32(34)41(38(40)44)33-18-19-35(45-23-26-8-4-2-5-9-26)39-36(33)46-24-27-10-6-3-7-11-27/h2-19,22,30-31H,20-21,23-24H2,1H3,(H,42,43)/t30-,31-/m1/s1. The van der Waals surface area contributed by atoms with Crippen molar-refractivity contribution in [2.24, 2.45) is 18.9 Å². The van der Waals surface area contributed by atoms with Crippen molar-refractivity contribution in [3.8, 4) is 28.6 Å². The van der Waals surface area contributed by atoms with Crippen molar-refractivity contribution < 1.29 is 19.4 Å². The first-order valence-corrected chi connectivity index (χ1v) is 15.3. The minimum atomic E-state index is -0.703. The Balaban J connectivity index is 1.20. The lowest BCUT2D eigenvalue weighted by Gasteiger charge is -2.14. The first-order valence-electron chi connectivity index (χ1n) is 15.3. The van der Waals surface area contributed by atoms with Gasteiger partial charge in [0.2, 0.25) is 11.8 Å². The summed E-state index contributed by atoms with van der Waals surface area (Å²) in [5, 5.41) is 9.22. The molecule has 8 heteroatoms. The fourth-order valence-corrected chi connectivity index (χ4v) is 5.89. The van der Waals surface area contributed by atoms with Crippen LogP contribution in [0.2, 0.25) is 0 Å². The summed E-state index contributed by atoms with van der Waals surface area (Å²) in [7, 11) is 1.76. The van der Waals surface area contributed by atoms with Crippen molar-refractivity contribution in [3.63, 3.8) is 0 Å². The fraction of sp³-hybridized carbons (Fsp3) is 0.184. The van der Waals surface area contributed by atoms with Gasteiger partial charge >= 0.3 is 11.7 Å². The number of carboxylic acids is 1. The Labute approximate surface area is 266 Å². The second-order valence-electron chi connectivity index (χ2n) is 11.7. The van der Waals surface area contributed by atoms with Gasteiger partial charge in [-0.05, 0) is 64.8 Å². The molecule has 0 spiro atoms. The third-order valence-corrected chi connectivity index (χ3v) is 8.58. The zero-order valence-electron chi connectivity index (χ0n) is 25.4. The van der Waals surface area contributed by atoms with Gasteiger partial charge in [-0.2, -0.15) is 4.98 Å². The first-order chi connectivity index (χ1) is 22.4. The van der Waals surface area contributed by atoms with Crippen LogP contribution in [-0.2, 0) is 31.5 Å². The van der Waals surface area contributed by atoms with Crippen LogP contribution >= 0.6 is 0 Å². The van der Waals surface area contributed by atoms with Crippen molar-refractivity contribution in [1.82, 2.24) is 14.1 Å². The molecule has 0 saturated heterocycles. The van der Waals surface area contributed by atoms with Gasteiger partial charge in [0.05, 0.1) is 17.0 Å². The Morgan fingerprint density at radius 1 is 0.783 bits per heavy atom. The van der Waals surface area contributed by atoms with Crippen molar-refractivity contribution in [2.75, 3.05) is 0 Å². The molecule has 1 aliphatic rings. The predicted molar refractivity (Wildman–Crippen MR) is 176 cm³/mol. The maximum Gasteiger partial charge on any atom is 0.333 e. The van der Waals surface area contributed by atoms with Gasteiger partial charge in [0.15, 0.2) is 0 Å². The molecule has 1 fully saturated rings. The molecule has 0 aliphatic heterocycles. The number of hydrogen-bond donors (Lipinski definition) is 1. The molecule has 6 aromatic rings. The number of rotatable bonds is 11. The number of nitrogens with zero attached hydrogens (tertiary/aromatic N) is 3. The number of aryl methyl sites for hydroxylation is 1. The van der Waals surface area contributed by atoms with Crippen molar-refractivity contribution in [1.29, 1.82) is 0 Å². The maximum atomic E-state index is 13.8. The fourth-order valence-electron chi connectivity index (χ4n) is 5.89. The molecule has 2 atom stereocenters. The van der Waals surface area contributed by atoms with Gasteiger partial charge in [-0.15, -0.1) is 0 Å². The molecular formula is C38H33N3O5. The van der Waals surface area contributed by atoms with Gasteiger partial charge in [-0.3, -0.25) is 13.9 Å². The zero-order chi connectivity index (χ0) is 31.6. The highest BCUT2D eigenvalue weighted by Crippen LogP contribution is 2.41. The van der Waals surface area contributed by atoms with E-state index in [1.54, 1.807) is 22.2 Å². The summed E-state index contributed by atoms with van der Waals surface area (Å²) in [4.78, 5) is 29.7. The van der Waals surface area contributed by atoms with Crippen molar-refractivity contribution in [3.05, 3.63) is 142 Å². The van der Waals surface area contributed by atoms with Crippen molar-refractivity contribution in [2.45, 2.75) is 26.1 Å². The monoisotopic (exact) mass is 611 g/mol. The summed E-state index contributed by atoms with van der Waals surface area (Å²) in [5.74, 6) is -0.00999. The number of benzene rings is 4. The lowest BCUT2D eigenvalue weighted by molar-refractivity contribution is -0.138. The molecule has 230 valence electrons. The lowest BCUT2D eigenvalue weighted by atomic mass is 10.0. The van der Waals surface area contributed by atoms with Gasteiger partial charge in [-0.1, -0.05) is 91.0 Å². The first kappa shape index (κ1) is 29.1. The molecule has 1 aliphatic carbocycles. The Morgan fingerprint density at radius 3 is 2.09 bits per heavy atom. The lowest BCUT2D eigenvalue weighted by Crippen LogP contribution is -2.21. The molecule has 46 heavy (non-hydrogen) atoms. The second-order valence-corrected chi connectivity index (χ2v) is 11.7. The molecule has 2 aromatic heterocycles. The number of pyridine rings is 1. The molecule has 0 radical (unpaired) electrons. The summed E-state index contributed by atoms with van der Waals surface area (Å²) >= 11 is 0. The van der Waals surface area contributed by atoms with E-state index in [4.69, 9.17) is 14.5 Å². The van der Waals surface area contributed by atoms with Gasteiger partial charge in [0, 0.05) is 13.1 Å². The zero-order valence-corrected chi connectivity index (χ0v) is 25.4. The highest BCUT2D eigenvalue weighted by atomic mass is 16.5. The minimum absolute atomic E-state index is 0.217. The smallest absolute Gasteiger partial charge is 0.333 e. The molecule has 2 heterocycles. The number of carbonyl (C=O) groups is 1. The van der Waals surface area contributed by atoms with Crippen LogP contribution in [0.5, 0.6) is 11.8 Å². The van der Waals surface area contributed by atoms with E-state index in [1.165, 1.54) is 0 Å². The normalized spacial score (nSPS) is 15.5. The van der Waals surface area contributed by atoms with Gasteiger partial charge < -0.3 is 14.6 Å². The van der Waals surface area contributed by atoms with E-state index in [0.29, 0.717) is 24.1 Å². The van der Waals surface area contributed by atoms with Gasteiger partial charge in [-0.25, -0.2) is 4.79 Å². The van der Waals surface area contributed by atoms with Crippen LogP contribution in [0, 0.1) is 11.8 Å². The average Bonchev–Trinajstić information content (AvgIpc) is 3.82. The van der Waals surface area contributed by atoms with Gasteiger partial charge in [0.25, 0.3) is 0 Å². The Kier molecular flexibility index (Phi) is 7.84. The number of hydrogen-bond acceptors (Lipinski definition) is 5. The summed E-state index contributed by atoms with van der Waals surface area (Å²) in [5.41, 5.74) is 6.92. The highest BCUT2D eigenvalue weighted by Gasteiger charge is 2.42. The largest absolute Gasteiger partial charge is 0.481 e. The number of imidazole rings is 1. The van der Waals surface area contributed by atoms with E-state index in [1.807, 2.05) is 84.9 Å². The summed E-state index contributed by atoms with van der Waals surface area (Å²) in [6.07, 6.45) is 1.52. The van der Waals surface area contributed by atoms with E-state index >= 15 is 0 Å². The number of carboxylic acid groups (broad SMARTS) is 1. The molecule has 0 unspecified atom stereocenters. The predicted octanol–water partition coefficient (Wildman–Crippen LogP) is 6.81. The quantitative estimate of drug-likeness (QED) is 0.173. The molecule has 0 amide bonds. The van der Waals surface area contributed by atoms with Crippen LogP contribution in [0.1, 0.15) is 23.1 Å². The summed E-state index contributed by atoms with van der Waals surface area (Å²) in [6.45, 7) is 0.632. The number of fused-ring (bicyclic) bond motifs is 1. The number of ether oxygens (including phenoxy) is 2. The molecular weight excluding hydrogens is 578 g/mol. The second kappa shape index (κ2) is 12.4. The van der Waals surface area contributed by atoms with Crippen LogP contribution in [-0.4, -0.2) is 25.2 Å². The summed E-state index contributed by atoms with van der Waals surface area (Å²) < 4.78 is 15.5. The summed E-state index contributed by atoms with van der Waals surface area (Å²) in [6, 6.07) is 37.4. The number of aromatic nitrogens is 3. The Bertz CT molecular complexity index is 2070. The molecule has 8 nitrogen and oxygen atoms in total. The van der Waals surface area contributed by atoms with Crippen LogP contribution < -0.4 is 15.2 Å². The number of aliphatic carboxylic acids is 1. The van der Waals surface area contributed by atoms with E-state index in [0.717, 1.165) is 51.7 Å². The van der Waals surface area contributed by atoms with Crippen LogP contribution in [0.25, 0.3) is 27.8 Å².